The number of fused-ring (bicyclic) bond motifs is 1. The Morgan fingerprint density at radius 2 is 1.74 bits per heavy atom. The van der Waals surface area contributed by atoms with Crippen LogP contribution in [-0.4, -0.2) is 17.0 Å². The van der Waals surface area contributed by atoms with Crippen molar-refractivity contribution in [3.05, 3.63) is 116 Å². The Kier molecular flexibility index (Phi) is 6.24. The highest BCUT2D eigenvalue weighted by molar-refractivity contribution is 5.97. The molecule has 0 atom stereocenters. The van der Waals surface area contributed by atoms with E-state index in [1.807, 2.05) is 6.07 Å². The molecule has 7 heteroatoms. The highest BCUT2D eigenvalue weighted by Gasteiger charge is 2.15. The Morgan fingerprint density at radius 3 is 2.44 bits per heavy atom. The van der Waals surface area contributed by atoms with Gasteiger partial charge in [0.15, 0.2) is 5.43 Å². The van der Waals surface area contributed by atoms with Gasteiger partial charge in [-0.3, -0.25) is 9.59 Å². The molecule has 7 nitrogen and oxygen atoms in total. The van der Waals surface area contributed by atoms with E-state index in [4.69, 9.17) is 14.8 Å². The molecule has 34 heavy (non-hydrogen) atoms. The summed E-state index contributed by atoms with van der Waals surface area (Å²) in [6.45, 7) is 1.95. The second-order valence-electron chi connectivity index (χ2n) is 7.85. The first-order valence-corrected chi connectivity index (χ1v) is 10.5. The molecule has 3 aromatic carbocycles. The molecule has 0 saturated heterocycles. The number of nitrogens with one attached hydrogen (secondary N) is 1. The lowest BCUT2D eigenvalue weighted by molar-refractivity contribution is 0.0696. The Bertz CT molecular complexity index is 1510. The SMILES string of the molecule is Cc1oc2ccc(C(=O)NCc3cccc(C#N)c3)cc2c(=O)c1Cc1ccc(C(=O)O)cc1. The van der Waals surface area contributed by atoms with Crippen molar-refractivity contribution < 1.29 is 19.1 Å². The molecule has 0 unspecified atom stereocenters. The van der Waals surface area contributed by atoms with Gasteiger partial charge in [0.2, 0.25) is 0 Å². The normalized spacial score (nSPS) is 10.6. The largest absolute Gasteiger partial charge is 0.478 e. The molecule has 1 aromatic heterocycles. The van der Waals surface area contributed by atoms with Gasteiger partial charge in [0.1, 0.15) is 11.3 Å². The van der Waals surface area contributed by atoms with E-state index in [9.17, 15) is 14.4 Å². The van der Waals surface area contributed by atoms with Crippen molar-refractivity contribution in [3.8, 4) is 6.07 Å². The number of nitriles is 1. The molecule has 0 aliphatic carbocycles. The van der Waals surface area contributed by atoms with Gasteiger partial charge in [-0.1, -0.05) is 24.3 Å². The molecule has 0 aliphatic rings. The smallest absolute Gasteiger partial charge is 0.335 e. The van der Waals surface area contributed by atoms with Crippen LogP contribution in [0.1, 0.15) is 48.7 Å². The second kappa shape index (κ2) is 9.43. The van der Waals surface area contributed by atoms with Crippen LogP contribution in [0.4, 0.5) is 0 Å². The van der Waals surface area contributed by atoms with Gasteiger partial charge in [0, 0.05) is 24.1 Å². The predicted molar refractivity (Wildman–Crippen MR) is 126 cm³/mol. The summed E-state index contributed by atoms with van der Waals surface area (Å²) in [6, 6.07) is 20.0. The van der Waals surface area contributed by atoms with E-state index in [1.165, 1.54) is 18.2 Å². The summed E-state index contributed by atoms with van der Waals surface area (Å²) in [5, 5.41) is 21.2. The minimum Gasteiger partial charge on any atom is -0.478 e. The van der Waals surface area contributed by atoms with Crippen LogP contribution in [0.5, 0.6) is 0 Å². The maximum atomic E-state index is 13.2. The van der Waals surface area contributed by atoms with E-state index in [1.54, 1.807) is 49.4 Å². The van der Waals surface area contributed by atoms with E-state index in [0.29, 0.717) is 33.4 Å². The monoisotopic (exact) mass is 452 g/mol. The van der Waals surface area contributed by atoms with Crippen LogP contribution < -0.4 is 10.7 Å². The van der Waals surface area contributed by atoms with Crippen LogP contribution in [0, 0.1) is 18.3 Å². The lowest BCUT2D eigenvalue weighted by Crippen LogP contribution is -2.23. The fourth-order valence-electron chi connectivity index (χ4n) is 3.70. The number of nitrogens with zero attached hydrogens (tertiary/aromatic N) is 1. The highest BCUT2D eigenvalue weighted by Crippen LogP contribution is 2.20. The quantitative estimate of drug-likeness (QED) is 0.453. The van der Waals surface area contributed by atoms with E-state index < -0.39 is 5.97 Å². The molecule has 0 spiro atoms. The molecule has 4 aromatic rings. The summed E-state index contributed by atoms with van der Waals surface area (Å²) in [4.78, 5) is 37.0. The third kappa shape index (κ3) is 4.71. The van der Waals surface area contributed by atoms with E-state index in [-0.39, 0.29) is 29.9 Å². The van der Waals surface area contributed by atoms with E-state index in [0.717, 1.165) is 11.1 Å². The van der Waals surface area contributed by atoms with Crippen molar-refractivity contribution in [2.24, 2.45) is 0 Å². The number of amides is 1. The van der Waals surface area contributed by atoms with Gasteiger partial charge in [-0.25, -0.2) is 4.79 Å². The number of carbonyl (C=O) groups excluding carboxylic acids is 1. The molecular weight excluding hydrogens is 432 g/mol. The van der Waals surface area contributed by atoms with Crippen LogP contribution in [0.2, 0.25) is 0 Å². The number of carboxylic acids is 1. The van der Waals surface area contributed by atoms with Gasteiger partial charge in [-0.15, -0.1) is 0 Å². The van der Waals surface area contributed by atoms with Gasteiger partial charge in [0.05, 0.1) is 22.6 Å². The van der Waals surface area contributed by atoms with Crippen molar-refractivity contribution in [3.63, 3.8) is 0 Å². The number of benzene rings is 3. The molecule has 1 heterocycles. The Hall–Kier alpha value is -4.70. The van der Waals surface area contributed by atoms with Gasteiger partial charge in [-0.05, 0) is 60.5 Å². The number of carboxylic acid groups (broad SMARTS) is 1. The van der Waals surface area contributed by atoms with Crippen molar-refractivity contribution in [1.82, 2.24) is 5.32 Å². The zero-order valence-corrected chi connectivity index (χ0v) is 18.3. The molecule has 0 bridgehead atoms. The Morgan fingerprint density at radius 1 is 1.00 bits per heavy atom. The minimum atomic E-state index is -1.02. The van der Waals surface area contributed by atoms with Gasteiger partial charge in [0.25, 0.3) is 5.91 Å². The first-order valence-electron chi connectivity index (χ1n) is 10.5. The zero-order chi connectivity index (χ0) is 24.2. The predicted octanol–water partition coefficient (Wildman–Crippen LogP) is 4.19. The average molecular weight is 452 g/mol. The van der Waals surface area contributed by atoms with Gasteiger partial charge >= 0.3 is 5.97 Å². The van der Waals surface area contributed by atoms with Crippen molar-refractivity contribution >= 4 is 22.8 Å². The number of aryl methyl sites for hydroxylation is 1. The summed E-state index contributed by atoms with van der Waals surface area (Å²) in [6.07, 6.45) is 0.273. The molecular formula is C27H20N2O5. The lowest BCUT2D eigenvalue weighted by atomic mass is 10.0. The van der Waals surface area contributed by atoms with E-state index in [2.05, 4.69) is 11.4 Å². The minimum absolute atomic E-state index is 0.168. The van der Waals surface area contributed by atoms with Gasteiger partial charge in [-0.2, -0.15) is 5.26 Å². The maximum absolute atomic E-state index is 13.2. The third-order valence-corrected chi connectivity index (χ3v) is 5.54. The summed E-state index contributed by atoms with van der Waals surface area (Å²) >= 11 is 0. The molecule has 0 saturated carbocycles. The molecule has 4 rings (SSSR count). The lowest BCUT2D eigenvalue weighted by Gasteiger charge is -2.09. The molecule has 0 aliphatic heterocycles. The molecule has 0 radical (unpaired) electrons. The van der Waals surface area contributed by atoms with Crippen molar-refractivity contribution in [1.29, 1.82) is 5.26 Å². The first kappa shape index (κ1) is 22.5. The second-order valence-corrected chi connectivity index (χ2v) is 7.85. The Labute approximate surface area is 194 Å². The number of carbonyl (C=O) groups is 2. The van der Waals surface area contributed by atoms with Crippen LogP contribution in [0.25, 0.3) is 11.0 Å². The topological polar surface area (TPSA) is 120 Å². The molecule has 1 amide bonds. The summed E-state index contributed by atoms with van der Waals surface area (Å²) in [5.74, 6) is -0.902. The van der Waals surface area contributed by atoms with Crippen LogP contribution >= 0.6 is 0 Å². The first-order chi connectivity index (χ1) is 16.4. The van der Waals surface area contributed by atoms with Crippen molar-refractivity contribution in [2.45, 2.75) is 19.9 Å². The summed E-state index contributed by atoms with van der Waals surface area (Å²) < 4.78 is 5.84. The summed E-state index contributed by atoms with van der Waals surface area (Å²) in [5.41, 5.74) is 3.14. The fourth-order valence-corrected chi connectivity index (χ4v) is 3.70. The third-order valence-electron chi connectivity index (χ3n) is 5.54. The van der Waals surface area contributed by atoms with Gasteiger partial charge < -0.3 is 14.8 Å². The maximum Gasteiger partial charge on any atom is 0.335 e. The number of hydrogen-bond acceptors (Lipinski definition) is 5. The van der Waals surface area contributed by atoms with Crippen LogP contribution in [0.3, 0.4) is 0 Å². The fraction of sp³-hybridized carbons (Fsp3) is 0.111. The summed E-state index contributed by atoms with van der Waals surface area (Å²) in [7, 11) is 0. The highest BCUT2D eigenvalue weighted by atomic mass is 16.4. The number of hydrogen-bond donors (Lipinski definition) is 2. The van der Waals surface area contributed by atoms with Crippen molar-refractivity contribution in [2.75, 3.05) is 0 Å². The average Bonchev–Trinajstić information content (AvgIpc) is 2.85. The number of aromatic carboxylic acids is 1. The standard InChI is InChI=1S/C27H20N2O5/c1-16-22(12-17-5-7-20(8-6-17)27(32)33)25(30)23-13-21(9-10-24(23)34-16)26(31)29-15-19-4-2-3-18(11-19)14-28/h2-11,13H,12,15H2,1H3,(H,29,31)(H,32,33). The van der Waals surface area contributed by atoms with Crippen LogP contribution in [-0.2, 0) is 13.0 Å². The Balaban J connectivity index is 1.59. The molecule has 2 N–H and O–H groups in total. The zero-order valence-electron chi connectivity index (χ0n) is 18.3. The van der Waals surface area contributed by atoms with E-state index >= 15 is 0 Å². The molecule has 168 valence electrons. The molecule has 0 fully saturated rings. The number of rotatable bonds is 6. The van der Waals surface area contributed by atoms with Crippen LogP contribution in [0.15, 0.2) is 75.9 Å².